The molecule has 17 heteroatoms. The molecule has 42 heavy (non-hydrogen) atoms. The van der Waals surface area contributed by atoms with Crippen molar-refractivity contribution in [2.75, 3.05) is 19.3 Å². The molecule has 0 bridgehead atoms. The predicted molar refractivity (Wildman–Crippen MR) is 136 cm³/mol. The first-order chi connectivity index (χ1) is 19.0. The highest BCUT2D eigenvalue weighted by molar-refractivity contribution is 7.94. The van der Waals surface area contributed by atoms with Crippen LogP contribution in [-0.2, 0) is 29.0 Å². The van der Waals surface area contributed by atoms with Gasteiger partial charge >= 0.3 is 12.1 Å². The van der Waals surface area contributed by atoms with Gasteiger partial charge in [0, 0.05) is 38.1 Å². The van der Waals surface area contributed by atoms with Crippen LogP contribution in [0.1, 0.15) is 46.5 Å². The van der Waals surface area contributed by atoms with Crippen LogP contribution in [0.5, 0.6) is 0 Å². The lowest BCUT2D eigenvalue weighted by atomic mass is 9.85. The maximum atomic E-state index is 14.5. The van der Waals surface area contributed by atoms with Gasteiger partial charge in [0.1, 0.15) is 12.1 Å². The molecular weight excluding hydrogens is 598 g/mol. The van der Waals surface area contributed by atoms with Crippen LogP contribution in [-0.4, -0.2) is 86.5 Å². The van der Waals surface area contributed by atoms with Crippen molar-refractivity contribution in [1.82, 2.24) is 20.9 Å². The Balaban J connectivity index is 1.97. The number of hydrogen-bond acceptors (Lipinski definition) is 6. The third kappa shape index (κ3) is 7.75. The van der Waals surface area contributed by atoms with Crippen LogP contribution in [0.4, 0.5) is 26.3 Å². The molecule has 0 aromatic heterocycles. The third-order valence-corrected chi connectivity index (χ3v) is 8.63. The highest BCUT2D eigenvalue weighted by Crippen LogP contribution is 2.50. The van der Waals surface area contributed by atoms with Crippen molar-refractivity contribution in [3.05, 3.63) is 11.2 Å². The van der Waals surface area contributed by atoms with E-state index in [-0.39, 0.29) is 19.4 Å². The van der Waals surface area contributed by atoms with E-state index in [2.05, 4.69) is 10.6 Å². The molecule has 1 aliphatic carbocycles. The van der Waals surface area contributed by atoms with E-state index < -0.39 is 111 Å². The van der Waals surface area contributed by atoms with E-state index in [1.54, 1.807) is 5.32 Å². The number of alkyl halides is 5. The topological polar surface area (TPSA) is 142 Å². The second-order valence-electron chi connectivity index (χ2n) is 12.3. The molecule has 2 saturated heterocycles. The van der Waals surface area contributed by atoms with Gasteiger partial charge in [-0.2, -0.15) is 17.6 Å². The zero-order chi connectivity index (χ0) is 32.0. The molecule has 3 aliphatic rings. The van der Waals surface area contributed by atoms with Gasteiger partial charge in [0.25, 0.3) is 0 Å². The van der Waals surface area contributed by atoms with Crippen molar-refractivity contribution in [2.24, 2.45) is 23.2 Å². The van der Waals surface area contributed by atoms with E-state index in [1.165, 1.54) is 20.8 Å². The van der Waals surface area contributed by atoms with Crippen molar-refractivity contribution < 1.29 is 53.9 Å². The Bertz CT molecular complexity index is 1250. The molecule has 0 spiro atoms. The van der Waals surface area contributed by atoms with Gasteiger partial charge in [0.05, 0.1) is 6.04 Å². The Labute approximate surface area is 238 Å². The lowest BCUT2D eigenvalue weighted by Crippen LogP contribution is -2.60. The minimum atomic E-state index is -5.33. The summed E-state index contributed by atoms with van der Waals surface area (Å²) in [6, 6.07) is -4.87. The fourth-order valence-corrected chi connectivity index (χ4v) is 6.19. The number of amides is 4. The minimum absolute atomic E-state index is 0.252. The second-order valence-corrected chi connectivity index (χ2v) is 14.2. The van der Waals surface area contributed by atoms with Crippen LogP contribution in [0.15, 0.2) is 11.2 Å². The molecule has 0 aromatic carbocycles. The molecule has 1 saturated carbocycles. The molecule has 6 atom stereocenters. The summed E-state index contributed by atoms with van der Waals surface area (Å²) in [5, 5.41) is 4.95. The van der Waals surface area contributed by atoms with Gasteiger partial charge in [-0.25, -0.2) is 17.2 Å². The van der Waals surface area contributed by atoms with Gasteiger partial charge in [-0.15, -0.1) is 0 Å². The Kier molecular flexibility index (Phi) is 9.36. The quantitative estimate of drug-likeness (QED) is 0.349. The minimum Gasteiger partial charge on any atom is -0.356 e. The van der Waals surface area contributed by atoms with Gasteiger partial charge in [-0.1, -0.05) is 20.8 Å². The fraction of sp³-hybridized carbons (Fsp3) is 0.760. The molecule has 238 valence electrons. The molecule has 3 fully saturated rings. The van der Waals surface area contributed by atoms with Crippen LogP contribution in [0.2, 0.25) is 0 Å². The smallest absolute Gasteiger partial charge is 0.356 e. The Morgan fingerprint density at radius 3 is 2.26 bits per heavy atom. The molecule has 2 aliphatic heterocycles. The third-order valence-electron chi connectivity index (χ3n) is 7.79. The SMILES string of the molecule is CC(C)(C)[C@@H](NC(=O)C(F)(F)F)C(=O)N1C[C@H]2CC(F)(F)C[C@H]2[C@@H]1C(=O)N[C@@H](/C=C(/F)S(C)(=O)=O)C[C@H]1CCNC1=O. The number of nitrogens with one attached hydrogen (secondary N) is 3. The van der Waals surface area contributed by atoms with Crippen LogP contribution >= 0.6 is 0 Å². The fourth-order valence-electron chi connectivity index (χ4n) is 5.78. The summed E-state index contributed by atoms with van der Waals surface area (Å²) < 4.78 is 106. The van der Waals surface area contributed by atoms with E-state index >= 15 is 0 Å². The number of hydrogen-bond donors (Lipinski definition) is 3. The molecular formula is C25H34F6N4O6S. The summed E-state index contributed by atoms with van der Waals surface area (Å²) in [4.78, 5) is 52.0. The van der Waals surface area contributed by atoms with Crippen molar-refractivity contribution in [1.29, 1.82) is 0 Å². The largest absolute Gasteiger partial charge is 0.471 e. The van der Waals surface area contributed by atoms with E-state index in [4.69, 9.17) is 0 Å². The average Bonchev–Trinajstić information content (AvgIpc) is 3.45. The first kappa shape index (κ1) is 33.6. The normalized spacial score (nSPS) is 27.7. The maximum absolute atomic E-state index is 14.5. The van der Waals surface area contributed by atoms with Crippen LogP contribution in [0.3, 0.4) is 0 Å². The molecule has 3 N–H and O–H groups in total. The molecule has 3 rings (SSSR count). The van der Waals surface area contributed by atoms with Crippen molar-refractivity contribution in [2.45, 2.75) is 76.7 Å². The van der Waals surface area contributed by atoms with Gasteiger partial charge < -0.3 is 20.9 Å². The molecule has 0 radical (unpaired) electrons. The Hall–Kier alpha value is -2.85. The Morgan fingerprint density at radius 2 is 1.76 bits per heavy atom. The van der Waals surface area contributed by atoms with Crippen LogP contribution in [0, 0.1) is 23.2 Å². The number of likely N-dealkylation sites (tertiary alicyclic amines) is 1. The summed E-state index contributed by atoms with van der Waals surface area (Å²) in [6.07, 6.45) is -5.67. The van der Waals surface area contributed by atoms with Gasteiger partial charge in [0.15, 0.2) is 0 Å². The summed E-state index contributed by atoms with van der Waals surface area (Å²) >= 11 is 0. The van der Waals surface area contributed by atoms with E-state index in [0.29, 0.717) is 12.3 Å². The number of carbonyl (C=O) groups is 4. The van der Waals surface area contributed by atoms with Crippen LogP contribution < -0.4 is 16.0 Å². The lowest BCUT2D eigenvalue weighted by Gasteiger charge is -2.37. The number of sulfone groups is 1. The highest BCUT2D eigenvalue weighted by Gasteiger charge is 2.59. The average molecular weight is 633 g/mol. The van der Waals surface area contributed by atoms with E-state index in [9.17, 15) is 53.9 Å². The van der Waals surface area contributed by atoms with Crippen molar-refractivity contribution in [3.63, 3.8) is 0 Å². The van der Waals surface area contributed by atoms with Crippen molar-refractivity contribution >= 4 is 33.5 Å². The Morgan fingerprint density at radius 1 is 1.14 bits per heavy atom. The summed E-state index contributed by atoms with van der Waals surface area (Å²) in [7, 11) is -4.36. The van der Waals surface area contributed by atoms with Crippen LogP contribution in [0.25, 0.3) is 0 Å². The maximum Gasteiger partial charge on any atom is 0.471 e. The second kappa shape index (κ2) is 11.7. The van der Waals surface area contributed by atoms with E-state index in [0.717, 1.165) is 4.90 Å². The zero-order valence-corrected chi connectivity index (χ0v) is 24.2. The molecule has 0 unspecified atom stereocenters. The number of nitrogens with zero attached hydrogens (tertiary/aromatic N) is 1. The first-order valence-corrected chi connectivity index (χ1v) is 15.1. The predicted octanol–water partition coefficient (Wildman–Crippen LogP) is 1.82. The van der Waals surface area contributed by atoms with E-state index in [1.807, 2.05) is 0 Å². The standard InChI is InChI=1S/C25H34F6N4O6S/c1-23(2,3)18(34-22(39)25(29,30)31)21(38)35-11-13-9-24(27,28)10-15(13)17(35)20(37)33-14(8-16(26)42(4,40)41)7-12-5-6-32-19(12)36/h8,12-15,17-18H,5-7,9-11H2,1-4H3,(H,32,36)(H,33,37)(H,34,39)/b16-8-/t12-,13-,14-,15-,17-,18+/m1/s1. The zero-order valence-electron chi connectivity index (χ0n) is 23.4. The van der Waals surface area contributed by atoms with Crippen molar-refractivity contribution in [3.8, 4) is 0 Å². The van der Waals surface area contributed by atoms with Gasteiger partial charge in [-0.3, -0.25) is 19.2 Å². The number of rotatable bonds is 8. The summed E-state index contributed by atoms with van der Waals surface area (Å²) in [6.45, 7) is 3.97. The first-order valence-electron chi connectivity index (χ1n) is 13.2. The highest BCUT2D eigenvalue weighted by atomic mass is 32.2. The molecule has 0 aromatic rings. The lowest BCUT2D eigenvalue weighted by molar-refractivity contribution is -0.176. The molecule has 2 heterocycles. The number of fused-ring (bicyclic) bond motifs is 1. The summed E-state index contributed by atoms with van der Waals surface area (Å²) in [5.41, 5.74) is -1.31. The number of carbonyl (C=O) groups excluding carboxylic acids is 4. The monoisotopic (exact) mass is 632 g/mol. The van der Waals surface area contributed by atoms with Gasteiger partial charge in [0.2, 0.25) is 38.6 Å². The molecule has 10 nitrogen and oxygen atoms in total. The number of halogens is 6. The summed E-state index contributed by atoms with van der Waals surface area (Å²) in [5.74, 6) is -11.0. The van der Waals surface area contributed by atoms with Gasteiger partial charge in [-0.05, 0) is 36.2 Å². The molecule has 4 amide bonds.